The van der Waals surface area contributed by atoms with E-state index >= 15 is 0 Å². The number of hydrogen-bond acceptors (Lipinski definition) is 1. The first-order valence-corrected chi connectivity index (χ1v) is 6.72. The number of rotatable bonds is 2. The third kappa shape index (κ3) is 2.32. The Morgan fingerprint density at radius 2 is 1.73 bits per heavy atom. The Labute approximate surface area is 103 Å². The monoisotopic (exact) mass is 280 g/mol. The van der Waals surface area contributed by atoms with Gasteiger partial charge in [-0.05, 0) is 36.4 Å². The molecule has 2 aromatic rings. The second-order valence-electron chi connectivity index (χ2n) is 3.74. The van der Waals surface area contributed by atoms with Gasteiger partial charge >= 0.3 is 0 Å². The maximum absolute atomic E-state index is 3.76. The summed E-state index contributed by atoms with van der Waals surface area (Å²) in [6, 6.07) is 10.9. The van der Waals surface area contributed by atoms with E-state index < -0.39 is 0 Å². The molecule has 0 saturated carbocycles. The lowest BCUT2D eigenvalue weighted by molar-refractivity contribution is 1.19. The minimum atomic E-state index is 0.332. The van der Waals surface area contributed by atoms with Gasteiger partial charge in [0.05, 0.1) is 4.83 Å². The molecule has 0 saturated heterocycles. The van der Waals surface area contributed by atoms with Crippen LogP contribution in [0.2, 0.25) is 0 Å². The molecule has 1 aromatic heterocycles. The Hall–Kier alpha value is -0.600. The van der Waals surface area contributed by atoms with Crippen molar-refractivity contribution in [2.24, 2.45) is 0 Å². The van der Waals surface area contributed by atoms with Gasteiger partial charge in [-0.15, -0.1) is 11.3 Å². The highest BCUT2D eigenvalue weighted by atomic mass is 79.9. The Morgan fingerprint density at radius 3 is 2.27 bits per heavy atom. The van der Waals surface area contributed by atoms with E-state index in [1.807, 2.05) is 11.3 Å². The summed E-state index contributed by atoms with van der Waals surface area (Å²) in [5.74, 6) is 0. The van der Waals surface area contributed by atoms with E-state index in [0.29, 0.717) is 4.83 Å². The Bertz CT molecular complexity index is 442. The molecule has 1 unspecified atom stereocenters. The molecule has 0 N–H and O–H groups in total. The summed E-state index contributed by atoms with van der Waals surface area (Å²) in [4.78, 5) is 1.73. The molecule has 15 heavy (non-hydrogen) atoms. The minimum absolute atomic E-state index is 0.332. The number of benzene rings is 1. The zero-order valence-electron chi connectivity index (χ0n) is 8.83. The van der Waals surface area contributed by atoms with Crippen LogP contribution in [-0.2, 0) is 0 Å². The molecule has 0 amide bonds. The molecule has 0 aliphatic carbocycles. The fourth-order valence-corrected chi connectivity index (χ4v) is 3.45. The summed E-state index contributed by atoms with van der Waals surface area (Å²) in [6.45, 7) is 4.28. The highest BCUT2D eigenvalue weighted by Gasteiger charge is 2.13. The largest absolute Gasteiger partial charge is 0.147 e. The van der Waals surface area contributed by atoms with E-state index in [9.17, 15) is 0 Å². The predicted octanol–water partition coefficient (Wildman–Crippen LogP) is 4.85. The average molecular weight is 281 g/mol. The smallest absolute Gasteiger partial charge is 0.0740 e. The summed E-state index contributed by atoms with van der Waals surface area (Å²) in [5, 5.41) is 2.15. The fraction of sp³-hybridized carbons (Fsp3) is 0.231. The lowest BCUT2D eigenvalue weighted by Gasteiger charge is -2.09. The van der Waals surface area contributed by atoms with Gasteiger partial charge < -0.3 is 0 Å². The number of thiophene rings is 1. The van der Waals surface area contributed by atoms with Crippen molar-refractivity contribution < 1.29 is 0 Å². The number of aryl methyl sites for hydroxylation is 2. The molecule has 0 spiro atoms. The molecule has 78 valence electrons. The van der Waals surface area contributed by atoms with E-state index in [2.05, 4.69) is 65.5 Å². The molecular formula is C13H13BrS. The van der Waals surface area contributed by atoms with E-state index in [1.165, 1.54) is 21.6 Å². The molecule has 0 fully saturated rings. The van der Waals surface area contributed by atoms with Crippen LogP contribution < -0.4 is 0 Å². The quantitative estimate of drug-likeness (QED) is 0.690. The van der Waals surface area contributed by atoms with Gasteiger partial charge in [0.1, 0.15) is 0 Å². The van der Waals surface area contributed by atoms with Crippen LogP contribution in [0.5, 0.6) is 0 Å². The standard InChI is InChI=1S/C13H13BrS/c1-9-3-5-11(6-4-9)12(14)13-10(2)7-8-15-13/h3-8,12H,1-2H3. The minimum Gasteiger partial charge on any atom is -0.147 e. The van der Waals surface area contributed by atoms with Gasteiger partial charge in [-0.2, -0.15) is 0 Å². The third-order valence-corrected chi connectivity index (χ3v) is 4.88. The highest BCUT2D eigenvalue weighted by molar-refractivity contribution is 9.09. The SMILES string of the molecule is Cc1ccc(C(Br)c2sccc2C)cc1. The predicted molar refractivity (Wildman–Crippen MR) is 71.0 cm³/mol. The zero-order chi connectivity index (χ0) is 10.8. The third-order valence-electron chi connectivity index (χ3n) is 2.50. The van der Waals surface area contributed by atoms with E-state index in [4.69, 9.17) is 0 Å². The maximum Gasteiger partial charge on any atom is 0.0740 e. The van der Waals surface area contributed by atoms with Crippen LogP contribution in [-0.4, -0.2) is 0 Å². The molecule has 0 bridgehead atoms. The number of hydrogen-bond donors (Lipinski definition) is 0. The summed E-state index contributed by atoms with van der Waals surface area (Å²) in [7, 11) is 0. The number of alkyl halides is 1. The van der Waals surface area contributed by atoms with Crippen molar-refractivity contribution in [2.45, 2.75) is 18.7 Å². The summed E-state index contributed by atoms with van der Waals surface area (Å²) in [6.07, 6.45) is 0. The van der Waals surface area contributed by atoms with Crippen LogP contribution in [0.15, 0.2) is 35.7 Å². The lowest BCUT2D eigenvalue weighted by Crippen LogP contribution is -1.91. The van der Waals surface area contributed by atoms with Crippen LogP contribution in [0.4, 0.5) is 0 Å². The van der Waals surface area contributed by atoms with Crippen molar-refractivity contribution in [3.8, 4) is 0 Å². The van der Waals surface area contributed by atoms with Crippen LogP contribution in [0, 0.1) is 13.8 Å². The summed E-state index contributed by atoms with van der Waals surface area (Å²) in [5.41, 5.74) is 4.00. The van der Waals surface area contributed by atoms with Crippen LogP contribution in [0.25, 0.3) is 0 Å². The van der Waals surface area contributed by atoms with Crippen molar-refractivity contribution in [1.29, 1.82) is 0 Å². The van der Waals surface area contributed by atoms with Gasteiger partial charge in [-0.3, -0.25) is 0 Å². The van der Waals surface area contributed by atoms with Crippen LogP contribution in [0.1, 0.15) is 26.4 Å². The van der Waals surface area contributed by atoms with Crippen molar-refractivity contribution in [2.75, 3.05) is 0 Å². The highest BCUT2D eigenvalue weighted by Crippen LogP contribution is 2.36. The summed E-state index contributed by atoms with van der Waals surface area (Å²) >= 11 is 5.57. The first-order chi connectivity index (χ1) is 7.18. The molecule has 1 aromatic carbocycles. The Morgan fingerprint density at radius 1 is 1.07 bits per heavy atom. The molecular weight excluding hydrogens is 268 g/mol. The summed E-state index contributed by atoms with van der Waals surface area (Å²) < 4.78 is 0. The van der Waals surface area contributed by atoms with Gasteiger partial charge in [0.15, 0.2) is 0 Å². The van der Waals surface area contributed by atoms with Gasteiger partial charge in [-0.1, -0.05) is 45.8 Å². The normalized spacial score (nSPS) is 12.7. The molecule has 0 radical (unpaired) electrons. The zero-order valence-corrected chi connectivity index (χ0v) is 11.2. The topological polar surface area (TPSA) is 0 Å². The Balaban J connectivity index is 2.32. The molecule has 2 heteroatoms. The van der Waals surface area contributed by atoms with E-state index in [0.717, 1.165) is 0 Å². The van der Waals surface area contributed by atoms with Crippen molar-refractivity contribution in [3.63, 3.8) is 0 Å². The molecule has 0 aliphatic rings. The molecule has 1 atom stereocenters. The first kappa shape index (κ1) is 10.9. The van der Waals surface area contributed by atoms with E-state index in [-0.39, 0.29) is 0 Å². The fourth-order valence-electron chi connectivity index (χ4n) is 1.53. The van der Waals surface area contributed by atoms with Crippen LogP contribution in [0.3, 0.4) is 0 Å². The molecule has 1 heterocycles. The number of halogens is 1. The molecule has 0 aliphatic heterocycles. The van der Waals surface area contributed by atoms with Gasteiger partial charge in [0.2, 0.25) is 0 Å². The molecule has 0 nitrogen and oxygen atoms in total. The van der Waals surface area contributed by atoms with E-state index in [1.54, 1.807) is 0 Å². The average Bonchev–Trinajstić information content (AvgIpc) is 2.65. The van der Waals surface area contributed by atoms with Crippen molar-refractivity contribution in [3.05, 3.63) is 57.3 Å². The first-order valence-electron chi connectivity index (χ1n) is 4.93. The van der Waals surface area contributed by atoms with Crippen LogP contribution >= 0.6 is 27.3 Å². The lowest BCUT2D eigenvalue weighted by atomic mass is 10.1. The Kier molecular flexibility index (Phi) is 3.27. The molecule has 2 rings (SSSR count). The van der Waals surface area contributed by atoms with Gasteiger partial charge in [-0.25, -0.2) is 0 Å². The second-order valence-corrected chi connectivity index (χ2v) is 5.60. The van der Waals surface area contributed by atoms with Gasteiger partial charge in [0, 0.05) is 4.88 Å². The second kappa shape index (κ2) is 4.50. The van der Waals surface area contributed by atoms with Gasteiger partial charge in [0.25, 0.3) is 0 Å². The van der Waals surface area contributed by atoms with Crippen molar-refractivity contribution >= 4 is 27.3 Å². The van der Waals surface area contributed by atoms with Crippen molar-refractivity contribution in [1.82, 2.24) is 0 Å². The maximum atomic E-state index is 3.76.